The Kier molecular flexibility index (Phi) is 6.47. The number of ether oxygens (including phenoxy) is 1. The monoisotopic (exact) mass is 437 g/mol. The highest BCUT2D eigenvalue weighted by molar-refractivity contribution is 5.99. The predicted octanol–water partition coefficient (Wildman–Crippen LogP) is 3.12. The van der Waals surface area contributed by atoms with Gasteiger partial charge in [-0.05, 0) is 70.4 Å². The average molecular weight is 437 g/mol. The number of carbonyl (C=O) groups is 1. The molecule has 0 saturated carbocycles. The SMILES string of the molecule is C/C(=N\NC(=O)COc1ccc(-c2ccc(C#N)cc2)cc1)c1cccc(-n2cnnn2)c1. The molecule has 0 fully saturated rings. The fourth-order valence-electron chi connectivity index (χ4n) is 3.03. The first kappa shape index (κ1) is 21.4. The summed E-state index contributed by atoms with van der Waals surface area (Å²) < 4.78 is 7.09. The first-order chi connectivity index (χ1) is 16.1. The van der Waals surface area contributed by atoms with Gasteiger partial charge < -0.3 is 4.74 Å². The number of benzene rings is 3. The van der Waals surface area contributed by atoms with E-state index in [2.05, 4.69) is 32.1 Å². The van der Waals surface area contributed by atoms with Crippen LogP contribution in [0.5, 0.6) is 5.75 Å². The smallest absolute Gasteiger partial charge is 0.277 e. The fourth-order valence-corrected chi connectivity index (χ4v) is 3.03. The molecule has 4 aromatic rings. The standard InChI is InChI=1S/C24H19N7O2/c1-17(21-3-2-4-22(13-21)31-16-26-29-30-31)27-28-24(32)15-33-23-11-9-20(10-12-23)19-7-5-18(14-25)6-8-19/h2-13,16H,15H2,1H3,(H,28,32)/b27-17+. The second-order valence-electron chi connectivity index (χ2n) is 7.04. The molecule has 1 N–H and O–H groups in total. The van der Waals surface area contributed by atoms with Crippen LogP contribution in [0.15, 0.2) is 84.2 Å². The van der Waals surface area contributed by atoms with Crippen LogP contribution >= 0.6 is 0 Å². The van der Waals surface area contributed by atoms with Crippen molar-refractivity contribution in [3.63, 3.8) is 0 Å². The van der Waals surface area contributed by atoms with E-state index in [0.717, 1.165) is 22.4 Å². The van der Waals surface area contributed by atoms with Gasteiger partial charge in [-0.25, -0.2) is 10.1 Å². The largest absolute Gasteiger partial charge is 0.484 e. The molecule has 0 atom stereocenters. The lowest BCUT2D eigenvalue weighted by atomic mass is 10.0. The molecular formula is C24H19N7O2. The van der Waals surface area contributed by atoms with Gasteiger partial charge in [0.2, 0.25) is 0 Å². The van der Waals surface area contributed by atoms with Crippen LogP contribution in [-0.4, -0.2) is 38.4 Å². The third kappa shape index (κ3) is 5.45. The van der Waals surface area contributed by atoms with Gasteiger partial charge in [0.15, 0.2) is 6.61 Å². The topological polar surface area (TPSA) is 118 Å². The van der Waals surface area contributed by atoms with Crippen molar-refractivity contribution in [2.75, 3.05) is 6.61 Å². The Balaban J connectivity index is 1.31. The molecule has 0 aliphatic heterocycles. The van der Waals surface area contributed by atoms with Gasteiger partial charge >= 0.3 is 0 Å². The molecule has 33 heavy (non-hydrogen) atoms. The van der Waals surface area contributed by atoms with Crippen LogP contribution in [0, 0.1) is 11.3 Å². The fraction of sp³-hybridized carbons (Fsp3) is 0.0833. The third-order valence-electron chi connectivity index (χ3n) is 4.80. The molecule has 3 aromatic carbocycles. The van der Waals surface area contributed by atoms with Gasteiger partial charge in [-0.1, -0.05) is 36.4 Å². The number of nitriles is 1. The molecule has 0 spiro atoms. The summed E-state index contributed by atoms with van der Waals surface area (Å²) in [7, 11) is 0. The number of nitrogens with zero attached hydrogens (tertiary/aromatic N) is 6. The van der Waals surface area contributed by atoms with Crippen LogP contribution in [-0.2, 0) is 4.79 Å². The summed E-state index contributed by atoms with van der Waals surface area (Å²) in [6.07, 6.45) is 1.50. The Labute approximate surface area is 189 Å². The number of amides is 1. The molecule has 0 radical (unpaired) electrons. The molecule has 0 saturated heterocycles. The number of aromatic nitrogens is 4. The number of rotatable bonds is 7. The van der Waals surface area contributed by atoms with Gasteiger partial charge in [0, 0.05) is 0 Å². The summed E-state index contributed by atoms with van der Waals surface area (Å²) in [5, 5.41) is 24.2. The van der Waals surface area contributed by atoms with Gasteiger partial charge in [-0.15, -0.1) is 5.10 Å². The predicted molar refractivity (Wildman–Crippen MR) is 122 cm³/mol. The lowest BCUT2D eigenvalue weighted by Gasteiger charge is -2.08. The van der Waals surface area contributed by atoms with Crippen LogP contribution < -0.4 is 10.2 Å². The third-order valence-corrected chi connectivity index (χ3v) is 4.80. The maximum atomic E-state index is 12.2. The van der Waals surface area contributed by atoms with Gasteiger partial charge in [-0.3, -0.25) is 4.79 Å². The van der Waals surface area contributed by atoms with Crippen molar-refractivity contribution < 1.29 is 9.53 Å². The van der Waals surface area contributed by atoms with Crippen molar-refractivity contribution in [1.29, 1.82) is 5.26 Å². The van der Waals surface area contributed by atoms with E-state index in [1.165, 1.54) is 11.0 Å². The highest BCUT2D eigenvalue weighted by Crippen LogP contribution is 2.22. The molecule has 0 unspecified atom stereocenters. The second kappa shape index (κ2) is 9.98. The van der Waals surface area contributed by atoms with Crippen molar-refractivity contribution in [3.05, 3.63) is 90.3 Å². The van der Waals surface area contributed by atoms with Crippen LogP contribution in [0.4, 0.5) is 0 Å². The minimum atomic E-state index is -0.373. The van der Waals surface area contributed by atoms with Crippen molar-refractivity contribution in [1.82, 2.24) is 25.6 Å². The maximum Gasteiger partial charge on any atom is 0.277 e. The summed E-state index contributed by atoms with van der Waals surface area (Å²) in [6, 6.07) is 24.3. The van der Waals surface area contributed by atoms with Gasteiger partial charge in [0.1, 0.15) is 12.1 Å². The molecule has 0 aliphatic rings. The summed E-state index contributed by atoms with van der Waals surface area (Å²) >= 11 is 0. The van der Waals surface area contributed by atoms with Crippen molar-refractivity contribution >= 4 is 11.6 Å². The minimum absolute atomic E-state index is 0.169. The lowest BCUT2D eigenvalue weighted by molar-refractivity contribution is -0.123. The number of hydrogen-bond acceptors (Lipinski definition) is 7. The minimum Gasteiger partial charge on any atom is -0.484 e. The number of nitrogens with one attached hydrogen (secondary N) is 1. The van der Waals surface area contributed by atoms with E-state index in [4.69, 9.17) is 10.00 Å². The highest BCUT2D eigenvalue weighted by atomic mass is 16.5. The Hall–Kier alpha value is -4.84. The van der Waals surface area contributed by atoms with Gasteiger partial charge in [0.05, 0.1) is 23.0 Å². The Morgan fingerprint density at radius 1 is 1.09 bits per heavy atom. The zero-order valence-electron chi connectivity index (χ0n) is 17.7. The highest BCUT2D eigenvalue weighted by Gasteiger charge is 2.06. The molecule has 1 amide bonds. The van der Waals surface area contributed by atoms with E-state index in [1.807, 2.05) is 48.5 Å². The first-order valence-electron chi connectivity index (χ1n) is 10.0. The van der Waals surface area contributed by atoms with E-state index >= 15 is 0 Å². The van der Waals surface area contributed by atoms with Gasteiger partial charge in [0.25, 0.3) is 5.91 Å². The zero-order chi connectivity index (χ0) is 23.0. The van der Waals surface area contributed by atoms with Crippen molar-refractivity contribution in [2.24, 2.45) is 5.10 Å². The summed E-state index contributed by atoms with van der Waals surface area (Å²) in [5.74, 6) is 0.194. The Morgan fingerprint density at radius 3 is 2.48 bits per heavy atom. The quantitative estimate of drug-likeness (QED) is 0.351. The Morgan fingerprint density at radius 2 is 1.82 bits per heavy atom. The van der Waals surface area contributed by atoms with Crippen molar-refractivity contribution in [3.8, 4) is 28.6 Å². The molecule has 1 aromatic heterocycles. The van der Waals surface area contributed by atoms with E-state index in [0.29, 0.717) is 17.0 Å². The summed E-state index contributed by atoms with van der Waals surface area (Å²) in [5.41, 5.74) is 7.33. The maximum absolute atomic E-state index is 12.2. The van der Waals surface area contributed by atoms with Crippen LogP contribution in [0.3, 0.4) is 0 Å². The van der Waals surface area contributed by atoms with E-state index in [1.54, 1.807) is 31.2 Å². The molecule has 0 aliphatic carbocycles. The lowest BCUT2D eigenvalue weighted by Crippen LogP contribution is -2.25. The van der Waals surface area contributed by atoms with E-state index in [9.17, 15) is 4.79 Å². The average Bonchev–Trinajstić information content (AvgIpc) is 3.42. The number of tetrazole rings is 1. The zero-order valence-corrected chi connectivity index (χ0v) is 17.7. The molecule has 4 rings (SSSR count). The van der Waals surface area contributed by atoms with Crippen LogP contribution in [0.2, 0.25) is 0 Å². The molecule has 162 valence electrons. The molecule has 9 heteroatoms. The summed E-state index contributed by atoms with van der Waals surface area (Å²) in [6.45, 7) is 1.62. The summed E-state index contributed by atoms with van der Waals surface area (Å²) in [4.78, 5) is 12.2. The molecular weight excluding hydrogens is 418 g/mol. The van der Waals surface area contributed by atoms with E-state index in [-0.39, 0.29) is 12.5 Å². The normalized spacial score (nSPS) is 11.0. The number of hydrazone groups is 1. The van der Waals surface area contributed by atoms with Gasteiger partial charge in [-0.2, -0.15) is 10.4 Å². The van der Waals surface area contributed by atoms with E-state index < -0.39 is 0 Å². The molecule has 1 heterocycles. The van der Waals surface area contributed by atoms with Crippen LogP contribution in [0.25, 0.3) is 16.8 Å². The first-order valence-corrected chi connectivity index (χ1v) is 10.0. The molecule has 9 nitrogen and oxygen atoms in total. The Bertz CT molecular complexity index is 1310. The van der Waals surface area contributed by atoms with Crippen LogP contribution in [0.1, 0.15) is 18.1 Å². The number of carbonyl (C=O) groups excluding carboxylic acids is 1. The molecule has 0 bridgehead atoms. The number of hydrogen-bond donors (Lipinski definition) is 1. The second-order valence-corrected chi connectivity index (χ2v) is 7.04. The van der Waals surface area contributed by atoms with Crippen molar-refractivity contribution in [2.45, 2.75) is 6.92 Å².